The van der Waals surface area contributed by atoms with Crippen molar-refractivity contribution >= 4 is 29.3 Å². The molecule has 0 saturated heterocycles. The van der Waals surface area contributed by atoms with Crippen LogP contribution in [0.2, 0.25) is 0 Å². The highest BCUT2D eigenvalue weighted by molar-refractivity contribution is 7.99. The molecule has 3 rings (SSSR count). The van der Waals surface area contributed by atoms with Gasteiger partial charge in [-0.3, -0.25) is 9.59 Å². The molecule has 0 unspecified atom stereocenters. The molecule has 3 aromatic rings. The number of anilines is 1. The fourth-order valence-corrected chi connectivity index (χ4v) is 4.19. The van der Waals surface area contributed by atoms with Crippen molar-refractivity contribution in [1.29, 1.82) is 0 Å². The second kappa shape index (κ2) is 11.5. The van der Waals surface area contributed by atoms with Crippen LogP contribution < -0.4 is 15.4 Å². The number of rotatable bonds is 10. The fraction of sp³-hybridized carbons (Fsp3) is 0.280. The summed E-state index contributed by atoms with van der Waals surface area (Å²) in [6.07, 6.45) is 1.73. The van der Waals surface area contributed by atoms with E-state index in [0.717, 1.165) is 11.1 Å². The van der Waals surface area contributed by atoms with Crippen LogP contribution in [0, 0.1) is 13.8 Å². The predicted molar refractivity (Wildman–Crippen MR) is 134 cm³/mol. The maximum Gasteiger partial charge on any atom is 0.252 e. The molecule has 1 aromatic heterocycles. The van der Waals surface area contributed by atoms with Gasteiger partial charge < -0.3 is 19.9 Å². The van der Waals surface area contributed by atoms with E-state index in [-0.39, 0.29) is 23.6 Å². The van der Waals surface area contributed by atoms with E-state index in [1.807, 2.05) is 61.7 Å². The molecule has 0 saturated carbocycles. The number of amides is 2. The van der Waals surface area contributed by atoms with Crippen molar-refractivity contribution in [2.75, 3.05) is 18.2 Å². The van der Waals surface area contributed by atoms with Gasteiger partial charge in [0, 0.05) is 12.1 Å². The smallest absolute Gasteiger partial charge is 0.252 e. The van der Waals surface area contributed by atoms with Crippen molar-refractivity contribution in [2.24, 2.45) is 0 Å². The summed E-state index contributed by atoms with van der Waals surface area (Å²) in [5.41, 5.74) is 3.14. The van der Waals surface area contributed by atoms with Crippen molar-refractivity contribution in [1.82, 2.24) is 20.1 Å². The maximum absolute atomic E-state index is 12.7. The molecule has 0 aliphatic heterocycles. The molecule has 2 amide bonds. The predicted octanol–water partition coefficient (Wildman–Crippen LogP) is 4.31. The topological polar surface area (TPSA) is 98.1 Å². The molecule has 0 bridgehead atoms. The average Bonchev–Trinajstić information content (AvgIpc) is 3.21. The number of thioether (sulfide) groups is 1. The Hall–Kier alpha value is -3.59. The van der Waals surface area contributed by atoms with E-state index < -0.39 is 0 Å². The van der Waals surface area contributed by atoms with E-state index in [1.165, 1.54) is 11.8 Å². The summed E-state index contributed by atoms with van der Waals surface area (Å²) in [7, 11) is 1.56. The van der Waals surface area contributed by atoms with Gasteiger partial charge in [0.05, 0.1) is 24.6 Å². The lowest BCUT2D eigenvalue weighted by Gasteiger charge is -2.16. The molecule has 0 aliphatic rings. The Morgan fingerprint density at radius 3 is 2.68 bits per heavy atom. The summed E-state index contributed by atoms with van der Waals surface area (Å²) >= 11 is 1.26. The molecule has 0 spiro atoms. The summed E-state index contributed by atoms with van der Waals surface area (Å²) in [5.74, 6) is 0.948. The minimum atomic E-state index is -0.390. The normalized spacial score (nSPS) is 11.5. The molecular formula is C25H29N5O3S. The number of nitrogens with one attached hydrogen (secondary N) is 2. The molecule has 34 heavy (non-hydrogen) atoms. The Kier molecular flexibility index (Phi) is 8.48. The van der Waals surface area contributed by atoms with E-state index in [9.17, 15) is 9.59 Å². The van der Waals surface area contributed by atoms with Crippen LogP contribution in [0.1, 0.15) is 40.3 Å². The minimum Gasteiger partial charge on any atom is -0.495 e. The Balaban J connectivity index is 1.69. The standard InChI is InChI=1S/C25H29N5O3S/c1-6-13-30-23(18(4)26-24(32)19-10-8-7-9-17(19)3)28-29-25(30)34-15-22(31)27-20-14-16(2)11-12-21(20)33-5/h6-12,14,18H,1,13,15H2,2-5H3,(H,26,32)(H,27,31)/t18-/m0/s1. The number of aromatic nitrogens is 3. The largest absolute Gasteiger partial charge is 0.495 e. The Labute approximate surface area is 203 Å². The Morgan fingerprint density at radius 1 is 1.21 bits per heavy atom. The van der Waals surface area contributed by atoms with Gasteiger partial charge in [-0.1, -0.05) is 42.1 Å². The zero-order valence-corrected chi connectivity index (χ0v) is 20.6. The lowest BCUT2D eigenvalue weighted by molar-refractivity contribution is -0.113. The first-order valence-electron chi connectivity index (χ1n) is 10.8. The number of methoxy groups -OCH3 is 1. The highest BCUT2D eigenvalue weighted by Crippen LogP contribution is 2.26. The van der Waals surface area contributed by atoms with Crippen LogP contribution in [0.3, 0.4) is 0 Å². The quantitative estimate of drug-likeness (QED) is 0.332. The monoisotopic (exact) mass is 479 g/mol. The second-order valence-corrected chi connectivity index (χ2v) is 8.73. The molecule has 9 heteroatoms. The number of nitrogens with zero attached hydrogens (tertiary/aromatic N) is 3. The summed E-state index contributed by atoms with van der Waals surface area (Å²) in [6.45, 7) is 9.95. The summed E-state index contributed by atoms with van der Waals surface area (Å²) < 4.78 is 7.17. The number of carbonyl (C=O) groups excluding carboxylic acids is 2. The molecule has 1 heterocycles. The zero-order valence-electron chi connectivity index (χ0n) is 19.8. The van der Waals surface area contributed by atoms with Gasteiger partial charge in [0.1, 0.15) is 5.75 Å². The van der Waals surface area contributed by atoms with Crippen LogP contribution >= 0.6 is 11.8 Å². The van der Waals surface area contributed by atoms with Gasteiger partial charge in [0.25, 0.3) is 5.91 Å². The molecule has 2 aromatic carbocycles. The first-order valence-corrected chi connectivity index (χ1v) is 11.8. The fourth-order valence-electron chi connectivity index (χ4n) is 3.43. The number of benzene rings is 2. The van der Waals surface area contributed by atoms with E-state index >= 15 is 0 Å². The van der Waals surface area contributed by atoms with E-state index in [1.54, 1.807) is 19.3 Å². The van der Waals surface area contributed by atoms with E-state index in [0.29, 0.717) is 34.5 Å². The van der Waals surface area contributed by atoms with Gasteiger partial charge in [-0.25, -0.2) is 0 Å². The molecule has 2 N–H and O–H groups in total. The number of allylic oxidation sites excluding steroid dienone is 1. The number of aryl methyl sites for hydroxylation is 2. The lowest BCUT2D eigenvalue weighted by atomic mass is 10.1. The third-order valence-electron chi connectivity index (χ3n) is 5.14. The van der Waals surface area contributed by atoms with Crippen molar-refractivity contribution in [2.45, 2.75) is 38.5 Å². The first-order chi connectivity index (χ1) is 16.3. The van der Waals surface area contributed by atoms with Crippen molar-refractivity contribution < 1.29 is 14.3 Å². The van der Waals surface area contributed by atoms with Crippen LogP contribution in [0.15, 0.2) is 60.3 Å². The van der Waals surface area contributed by atoms with E-state index in [2.05, 4.69) is 27.4 Å². The third kappa shape index (κ3) is 6.05. The summed E-state index contributed by atoms with van der Waals surface area (Å²) in [5, 5.41) is 15.0. The van der Waals surface area contributed by atoms with Crippen LogP contribution in [-0.2, 0) is 11.3 Å². The van der Waals surface area contributed by atoms with E-state index in [4.69, 9.17) is 4.74 Å². The highest BCUT2D eigenvalue weighted by Gasteiger charge is 2.21. The van der Waals surface area contributed by atoms with Gasteiger partial charge in [-0.15, -0.1) is 16.8 Å². The summed E-state index contributed by atoms with van der Waals surface area (Å²) in [6, 6.07) is 12.6. The van der Waals surface area contributed by atoms with Crippen LogP contribution in [0.25, 0.3) is 0 Å². The molecule has 8 nitrogen and oxygen atoms in total. The minimum absolute atomic E-state index is 0.135. The Morgan fingerprint density at radius 2 is 1.97 bits per heavy atom. The summed E-state index contributed by atoms with van der Waals surface area (Å²) in [4.78, 5) is 25.3. The van der Waals surface area contributed by atoms with Gasteiger partial charge in [0.15, 0.2) is 11.0 Å². The van der Waals surface area contributed by atoms with Crippen LogP contribution in [0.5, 0.6) is 5.75 Å². The molecular weight excluding hydrogens is 450 g/mol. The van der Waals surface area contributed by atoms with Crippen molar-refractivity contribution in [3.05, 3.63) is 77.6 Å². The number of hydrogen-bond donors (Lipinski definition) is 2. The maximum atomic E-state index is 12.7. The van der Waals surface area contributed by atoms with Gasteiger partial charge in [0.2, 0.25) is 5.91 Å². The highest BCUT2D eigenvalue weighted by atomic mass is 32.2. The lowest BCUT2D eigenvalue weighted by Crippen LogP contribution is -2.29. The molecule has 1 atom stereocenters. The van der Waals surface area contributed by atoms with Gasteiger partial charge in [-0.05, 0) is 50.1 Å². The Bertz CT molecular complexity index is 1190. The van der Waals surface area contributed by atoms with Crippen LogP contribution in [0.4, 0.5) is 5.69 Å². The van der Waals surface area contributed by atoms with Crippen LogP contribution in [-0.4, -0.2) is 39.4 Å². The third-order valence-corrected chi connectivity index (χ3v) is 6.11. The molecule has 0 radical (unpaired) electrons. The number of hydrogen-bond acceptors (Lipinski definition) is 6. The average molecular weight is 480 g/mol. The zero-order chi connectivity index (χ0) is 24.7. The second-order valence-electron chi connectivity index (χ2n) is 7.79. The number of carbonyl (C=O) groups is 2. The van der Waals surface area contributed by atoms with Gasteiger partial charge in [-0.2, -0.15) is 0 Å². The molecule has 0 fully saturated rings. The first kappa shape index (κ1) is 25.0. The molecule has 178 valence electrons. The SMILES string of the molecule is C=CCn1c(SCC(=O)Nc2cc(C)ccc2OC)nnc1[C@H](C)NC(=O)c1ccccc1C. The molecule has 0 aliphatic carbocycles. The number of ether oxygens (including phenoxy) is 1. The van der Waals surface area contributed by atoms with Crippen molar-refractivity contribution in [3.8, 4) is 5.75 Å². The van der Waals surface area contributed by atoms with Crippen molar-refractivity contribution in [3.63, 3.8) is 0 Å². The van der Waals surface area contributed by atoms with Gasteiger partial charge >= 0.3 is 0 Å².